The number of carbonyl (C=O) groups excluding carboxylic acids is 1. The molecule has 0 bridgehead atoms. The number of hydrogen-bond donors (Lipinski definition) is 2. The topological polar surface area (TPSA) is 74.2 Å². The van der Waals surface area contributed by atoms with E-state index in [1.165, 1.54) is 11.8 Å². The lowest BCUT2D eigenvalue weighted by molar-refractivity contribution is -0.117. The van der Waals surface area contributed by atoms with Crippen molar-refractivity contribution in [3.8, 4) is 6.07 Å². The van der Waals surface area contributed by atoms with Gasteiger partial charge >= 0.3 is 0 Å². The maximum atomic E-state index is 11.9. The van der Waals surface area contributed by atoms with Crippen LogP contribution >= 0.6 is 0 Å². The largest absolute Gasteiger partial charge is 0.386 e. The molecule has 0 aromatic heterocycles. The minimum absolute atomic E-state index is 0.0735. The minimum atomic E-state index is -0.366. The average Bonchev–Trinajstić information content (AvgIpc) is 3.04. The Morgan fingerprint density at radius 2 is 2.23 bits per heavy atom. The van der Waals surface area contributed by atoms with E-state index < -0.39 is 0 Å². The molecule has 0 saturated carbocycles. The number of amides is 1. The van der Waals surface area contributed by atoms with Crippen molar-refractivity contribution in [3.63, 3.8) is 0 Å². The molecule has 1 aromatic rings. The molecule has 1 fully saturated rings. The number of aryl methyl sites for hydroxylation is 1. The van der Waals surface area contributed by atoms with E-state index in [4.69, 9.17) is 10.00 Å². The van der Waals surface area contributed by atoms with Crippen LogP contribution in [0.5, 0.6) is 0 Å². The van der Waals surface area contributed by atoms with Crippen molar-refractivity contribution in [1.82, 2.24) is 10.6 Å². The Kier molecular flexibility index (Phi) is 5.99. The first-order valence-electron chi connectivity index (χ1n) is 7.48. The van der Waals surface area contributed by atoms with Gasteiger partial charge in [0.15, 0.2) is 0 Å². The number of nitriles is 1. The van der Waals surface area contributed by atoms with Gasteiger partial charge in [0.25, 0.3) is 5.91 Å². The number of ether oxygens (including phenoxy) is 1. The SMILES string of the molecule is Cc1ccc(CN/C=C(/C#N)C(=O)NCC2CCCO2)cc1. The van der Waals surface area contributed by atoms with Crippen LogP contribution in [0.3, 0.4) is 0 Å². The molecule has 0 radical (unpaired) electrons. The molecule has 5 nitrogen and oxygen atoms in total. The second kappa shape index (κ2) is 8.20. The first kappa shape index (κ1) is 16.1. The van der Waals surface area contributed by atoms with Gasteiger partial charge in [0.2, 0.25) is 0 Å². The predicted molar refractivity (Wildman–Crippen MR) is 83.7 cm³/mol. The molecule has 2 rings (SSSR count). The summed E-state index contributed by atoms with van der Waals surface area (Å²) in [7, 11) is 0. The lowest BCUT2D eigenvalue weighted by Gasteiger charge is -2.10. The van der Waals surface area contributed by atoms with E-state index in [2.05, 4.69) is 10.6 Å². The Morgan fingerprint density at radius 1 is 1.45 bits per heavy atom. The molecule has 1 heterocycles. The average molecular weight is 299 g/mol. The van der Waals surface area contributed by atoms with Crippen LogP contribution in [0.25, 0.3) is 0 Å². The number of hydrogen-bond acceptors (Lipinski definition) is 4. The fraction of sp³-hybridized carbons (Fsp3) is 0.412. The Balaban J connectivity index is 1.80. The normalized spacial score (nSPS) is 17.8. The van der Waals surface area contributed by atoms with Crippen LogP contribution in [0.4, 0.5) is 0 Å². The smallest absolute Gasteiger partial charge is 0.263 e. The molecule has 0 aliphatic carbocycles. The number of carbonyl (C=O) groups is 1. The van der Waals surface area contributed by atoms with Crippen LogP contribution in [0.15, 0.2) is 36.0 Å². The van der Waals surface area contributed by atoms with Crippen LogP contribution in [0.2, 0.25) is 0 Å². The molecule has 1 aliphatic rings. The number of nitrogens with one attached hydrogen (secondary N) is 2. The Morgan fingerprint density at radius 3 is 2.86 bits per heavy atom. The molecule has 1 saturated heterocycles. The summed E-state index contributed by atoms with van der Waals surface area (Å²) < 4.78 is 5.43. The van der Waals surface area contributed by atoms with Gasteiger partial charge in [-0.15, -0.1) is 0 Å². The van der Waals surface area contributed by atoms with Gasteiger partial charge in [0.1, 0.15) is 11.6 Å². The molecule has 22 heavy (non-hydrogen) atoms. The highest BCUT2D eigenvalue weighted by Gasteiger charge is 2.17. The Labute approximate surface area is 131 Å². The molecule has 116 valence electrons. The zero-order valence-corrected chi connectivity index (χ0v) is 12.8. The van der Waals surface area contributed by atoms with Gasteiger partial charge < -0.3 is 15.4 Å². The standard InChI is InChI=1S/C17H21N3O2/c1-13-4-6-14(7-5-13)10-19-11-15(9-18)17(21)20-12-16-3-2-8-22-16/h4-7,11,16,19H,2-3,8,10,12H2,1H3,(H,20,21)/b15-11-. The van der Waals surface area contributed by atoms with Crippen molar-refractivity contribution in [1.29, 1.82) is 5.26 Å². The molecular weight excluding hydrogens is 278 g/mol. The molecule has 1 amide bonds. The second-order valence-corrected chi connectivity index (χ2v) is 5.38. The second-order valence-electron chi connectivity index (χ2n) is 5.38. The van der Waals surface area contributed by atoms with E-state index in [1.807, 2.05) is 37.3 Å². The van der Waals surface area contributed by atoms with Crippen molar-refractivity contribution in [2.45, 2.75) is 32.4 Å². The van der Waals surface area contributed by atoms with Crippen molar-refractivity contribution in [2.75, 3.05) is 13.2 Å². The monoisotopic (exact) mass is 299 g/mol. The molecule has 2 N–H and O–H groups in total. The maximum absolute atomic E-state index is 11.9. The van der Waals surface area contributed by atoms with Gasteiger partial charge in [-0.1, -0.05) is 29.8 Å². The number of benzene rings is 1. The number of rotatable bonds is 6. The number of nitrogens with zero attached hydrogens (tertiary/aromatic N) is 1. The van der Waals surface area contributed by atoms with Gasteiger partial charge in [-0.05, 0) is 25.3 Å². The zero-order chi connectivity index (χ0) is 15.8. The summed E-state index contributed by atoms with van der Waals surface area (Å²) in [4.78, 5) is 11.9. The van der Waals surface area contributed by atoms with Crippen molar-refractivity contribution in [3.05, 3.63) is 47.2 Å². The lowest BCUT2D eigenvalue weighted by Crippen LogP contribution is -2.32. The summed E-state index contributed by atoms with van der Waals surface area (Å²) in [5.41, 5.74) is 2.37. The minimum Gasteiger partial charge on any atom is -0.386 e. The molecule has 1 atom stereocenters. The quantitative estimate of drug-likeness (QED) is 0.620. The van der Waals surface area contributed by atoms with Crippen LogP contribution in [0, 0.1) is 18.3 Å². The van der Waals surface area contributed by atoms with E-state index >= 15 is 0 Å². The maximum Gasteiger partial charge on any atom is 0.263 e. The Bertz CT molecular complexity index is 567. The summed E-state index contributed by atoms with van der Waals surface area (Å²) in [5, 5.41) is 14.8. The van der Waals surface area contributed by atoms with Crippen molar-refractivity contribution in [2.24, 2.45) is 0 Å². The first-order chi connectivity index (χ1) is 10.7. The summed E-state index contributed by atoms with van der Waals surface area (Å²) in [5.74, 6) is -0.366. The highest BCUT2D eigenvalue weighted by atomic mass is 16.5. The third-order valence-corrected chi connectivity index (χ3v) is 3.55. The van der Waals surface area contributed by atoms with Gasteiger partial charge in [-0.2, -0.15) is 5.26 Å². The highest BCUT2D eigenvalue weighted by Crippen LogP contribution is 2.10. The third-order valence-electron chi connectivity index (χ3n) is 3.55. The van der Waals surface area contributed by atoms with Crippen LogP contribution in [0.1, 0.15) is 24.0 Å². The van der Waals surface area contributed by atoms with Crippen molar-refractivity contribution >= 4 is 5.91 Å². The fourth-order valence-electron chi connectivity index (χ4n) is 2.23. The lowest BCUT2D eigenvalue weighted by atomic mass is 10.1. The fourth-order valence-corrected chi connectivity index (χ4v) is 2.23. The van der Waals surface area contributed by atoms with Gasteiger partial charge in [0, 0.05) is 25.9 Å². The Hall–Kier alpha value is -2.32. The molecular formula is C17H21N3O2. The molecule has 1 aliphatic heterocycles. The van der Waals surface area contributed by atoms with E-state index in [-0.39, 0.29) is 17.6 Å². The van der Waals surface area contributed by atoms with Gasteiger partial charge in [-0.3, -0.25) is 4.79 Å². The van der Waals surface area contributed by atoms with E-state index in [0.29, 0.717) is 13.1 Å². The van der Waals surface area contributed by atoms with E-state index in [0.717, 1.165) is 25.0 Å². The molecule has 0 spiro atoms. The van der Waals surface area contributed by atoms with Gasteiger partial charge in [0.05, 0.1) is 6.10 Å². The summed E-state index contributed by atoms with van der Waals surface area (Å²) in [6.07, 6.45) is 3.52. The van der Waals surface area contributed by atoms with E-state index in [9.17, 15) is 4.79 Å². The van der Waals surface area contributed by atoms with Crippen LogP contribution in [-0.2, 0) is 16.1 Å². The predicted octanol–water partition coefficient (Wildman–Crippen LogP) is 1.79. The third kappa shape index (κ3) is 4.90. The van der Waals surface area contributed by atoms with Crippen molar-refractivity contribution < 1.29 is 9.53 Å². The molecule has 5 heteroatoms. The molecule has 1 unspecified atom stereocenters. The molecule has 1 aromatic carbocycles. The van der Waals surface area contributed by atoms with E-state index in [1.54, 1.807) is 0 Å². The summed E-state index contributed by atoms with van der Waals surface area (Å²) in [6, 6.07) is 10.0. The zero-order valence-electron chi connectivity index (χ0n) is 12.8. The van der Waals surface area contributed by atoms with Crippen LogP contribution < -0.4 is 10.6 Å². The highest BCUT2D eigenvalue weighted by molar-refractivity contribution is 5.97. The van der Waals surface area contributed by atoms with Crippen LogP contribution in [-0.4, -0.2) is 25.2 Å². The van der Waals surface area contributed by atoms with Gasteiger partial charge in [-0.25, -0.2) is 0 Å². The summed E-state index contributed by atoms with van der Waals surface area (Å²) >= 11 is 0. The first-order valence-corrected chi connectivity index (χ1v) is 7.48. The summed E-state index contributed by atoms with van der Waals surface area (Å²) in [6.45, 7) is 3.81.